The van der Waals surface area contributed by atoms with Crippen LogP contribution in [0.25, 0.3) is 0 Å². The van der Waals surface area contributed by atoms with Gasteiger partial charge in [-0.15, -0.1) is 0 Å². The van der Waals surface area contributed by atoms with Gasteiger partial charge < -0.3 is 14.8 Å². The van der Waals surface area contributed by atoms with Crippen LogP contribution in [-0.2, 0) is 14.9 Å². The number of hydrogen-bond acceptors (Lipinski definition) is 7. The average molecular weight is 430 g/mol. The topological polar surface area (TPSA) is 140 Å². The minimum atomic E-state index is -3.70. The largest absolute Gasteiger partial charge is 0.412 e. The summed E-state index contributed by atoms with van der Waals surface area (Å²) in [7, 11) is -3.70. The number of non-ortho nitro benzene ring substituents is 1. The van der Waals surface area contributed by atoms with E-state index in [4.69, 9.17) is 9.47 Å². The van der Waals surface area contributed by atoms with Crippen LogP contribution in [0.2, 0.25) is 0 Å². The molecule has 2 rings (SSSR count). The summed E-state index contributed by atoms with van der Waals surface area (Å²) < 4.78 is 39.0. The molecule has 1 aromatic carbocycles. The first-order valence-corrected chi connectivity index (χ1v) is 10.5. The number of nitrogens with zero attached hydrogens (tertiary/aromatic N) is 2. The number of nitro benzene ring substituents is 1. The summed E-state index contributed by atoms with van der Waals surface area (Å²) in [5, 5.41) is 13.3. The summed E-state index contributed by atoms with van der Waals surface area (Å²) in [4.78, 5) is 22.4. The van der Waals surface area contributed by atoms with E-state index in [9.17, 15) is 23.3 Å². The van der Waals surface area contributed by atoms with Crippen molar-refractivity contribution in [3.05, 3.63) is 34.4 Å². The lowest BCUT2D eigenvalue weighted by atomic mass is 9.87. The van der Waals surface area contributed by atoms with Crippen molar-refractivity contribution in [3.63, 3.8) is 0 Å². The second-order valence-electron chi connectivity index (χ2n) is 7.57. The average Bonchev–Trinajstić information content (AvgIpc) is 2.65. The molecule has 1 aliphatic rings. The van der Waals surface area contributed by atoms with E-state index in [-0.39, 0.29) is 31.1 Å². The Kier molecular flexibility index (Phi) is 7.52. The minimum absolute atomic E-state index is 0.0292. The van der Waals surface area contributed by atoms with Gasteiger partial charge in [-0.25, -0.2) is 9.52 Å². The molecule has 29 heavy (non-hydrogen) atoms. The van der Waals surface area contributed by atoms with Gasteiger partial charge in [0.1, 0.15) is 5.75 Å². The zero-order valence-corrected chi connectivity index (χ0v) is 17.4. The molecule has 12 heteroatoms. The Bertz CT molecular complexity index is 815. The van der Waals surface area contributed by atoms with E-state index < -0.39 is 32.7 Å². The number of amides is 1. The highest BCUT2D eigenvalue weighted by Crippen LogP contribution is 2.21. The zero-order valence-electron chi connectivity index (χ0n) is 16.6. The van der Waals surface area contributed by atoms with Crippen molar-refractivity contribution in [3.8, 4) is 5.75 Å². The quantitative estimate of drug-likeness (QED) is 0.490. The molecule has 0 aromatic heterocycles. The summed E-state index contributed by atoms with van der Waals surface area (Å²) in [5.74, 6) is 0.134. The van der Waals surface area contributed by atoms with Crippen LogP contribution >= 0.6 is 0 Å². The van der Waals surface area contributed by atoms with E-state index in [1.165, 1.54) is 28.6 Å². The predicted molar refractivity (Wildman–Crippen MR) is 105 cm³/mol. The van der Waals surface area contributed by atoms with Crippen molar-refractivity contribution in [1.82, 2.24) is 14.3 Å². The second kappa shape index (κ2) is 9.48. The third kappa shape index (κ3) is 6.92. The lowest BCUT2D eigenvalue weighted by molar-refractivity contribution is -0.384. The van der Waals surface area contributed by atoms with Gasteiger partial charge in [-0.05, 0) is 17.5 Å². The third-order valence-electron chi connectivity index (χ3n) is 4.38. The number of carbonyl (C=O) groups excluding carboxylic acids is 1. The fraction of sp³-hybridized carbons (Fsp3) is 0.588. The summed E-state index contributed by atoms with van der Waals surface area (Å²) in [5.41, 5.74) is -0.593. The van der Waals surface area contributed by atoms with Gasteiger partial charge in [0, 0.05) is 31.8 Å². The summed E-state index contributed by atoms with van der Waals surface area (Å²) >= 11 is 0. The van der Waals surface area contributed by atoms with Crippen LogP contribution in [0.3, 0.4) is 0 Å². The molecule has 1 amide bonds. The maximum atomic E-state index is 12.4. The lowest BCUT2D eigenvalue weighted by Gasteiger charge is -2.32. The molecule has 1 heterocycles. The molecule has 2 N–H and O–H groups in total. The summed E-state index contributed by atoms with van der Waals surface area (Å²) in [6.45, 7) is 6.74. The zero-order chi connectivity index (χ0) is 21.7. The van der Waals surface area contributed by atoms with Crippen LogP contribution in [0.15, 0.2) is 24.3 Å². The number of rotatable bonds is 7. The van der Waals surface area contributed by atoms with Gasteiger partial charge in [0.25, 0.3) is 15.9 Å². The molecule has 162 valence electrons. The Labute approximate surface area is 169 Å². The van der Waals surface area contributed by atoms with E-state index in [1.807, 2.05) is 20.8 Å². The lowest BCUT2D eigenvalue weighted by Crippen LogP contribution is -2.54. The smallest absolute Gasteiger partial charge is 0.410 e. The molecule has 0 bridgehead atoms. The molecule has 0 saturated carbocycles. The van der Waals surface area contributed by atoms with Gasteiger partial charge in [-0.1, -0.05) is 20.8 Å². The highest BCUT2D eigenvalue weighted by molar-refractivity contribution is 7.87. The molecule has 0 unspecified atom stereocenters. The number of carbonyl (C=O) groups is 1. The van der Waals surface area contributed by atoms with Crippen molar-refractivity contribution >= 4 is 22.0 Å². The van der Waals surface area contributed by atoms with E-state index in [0.717, 1.165) is 0 Å². The third-order valence-corrected chi connectivity index (χ3v) is 5.95. The van der Waals surface area contributed by atoms with Crippen molar-refractivity contribution in [2.75, 3.05) is 32.8 Å². The fourth-order valence-corrected chi connectivity index (χ4v) is 3.74. The first-order valence-electron chi connectivity index (χ1n) is 9.04. The van der Waals surface area contributed by atoms with Gasteiger partial charge in [-0.3, -0.25) is 10.1 Å². The molecule has 1 fully saturated rings. The van der Waals surface area contributed by atoms with Crippen molar-refractivity contribution < 1.29 is 27.6 Å². The van der Waals surface area contributed by atoms with Crippen LogP contribution in [0.1, 0.15) is 20.8 Å². The van der Waals surface area contributed by atoms with Gasteiger partial charge in [0.2, 0.25) is 0 Å². The highest BCUT2D eigenvalue weighted by atomic mass is 32.2. The fourth-order valence-electron chi connectivity index (χ4n) is 2.56. The molecule has 1 aliphatic heterocycles. The maximum Gasteiger partial charge on any atom is 0.412 e. The van der Waals surface area contributed by atoms with Crippen LogP contribution in [0.5, 0.6) is 5.75 Å². The Balaban J connectivity index is 1.97. The Hall–Kier alpha value is -2.28. The van der Waals surface area contributed by atoms with Crippen LogP contribution in [-0.4, -0.2) is 62.6 Å². The molecule has 1 aromatic rings. The van der Waals surface area contributed by atoms with Crippen LogP contribution in [0, 0.1) is 15.5 Å². The maximum absolute atomic E-state index is 12.4. The number of nitro groups is 1. The molecular formula is C17H26N4O7S. The van der Waals surface area contributed by atoms with Gasteiger partial charge in [0.05, 0.1) is 24.2 Å². The molecule has 11 nitrogen and oxygen atoms in total. The molecule has 1 atom stereocenters. The monoisotopic (exact) mass is 430 g/mol. The van der Waals surface area contributed by atoms with Crippen molar-refractivity contribution in [1.29, 1.82) is 0 Å². The normalized spacial score (nSPS) is 16.8. The van der Waals surface area contributed by atoms with Gasteiger partial charge in [0.15, 0.2) is 0 Å². The number of benzene rings is 1. The van der Waals surface area contributed by atoms with Crippen molar-refractivity contribution in [2.45, 2.75) is 26.8 Å². The Morgan fingerprint density at radius 2 is 1.86 bits per heavy atom. The molecular weight excluding hydrogens is 404 g/mol. The van der Waals surface area contributed by atoms with E-state index in [2.05, 4.69) is 10.0 Å². The van der Waals surface area contributed by atoms with E-state index >= 15 is 0 Å². The molecule has 1 saturated heterocycles. The highest BCUT2D eigenvalue weighted by Gasteiger charge is 2.30. The van der Waals surface area contributed by atoms with E-state index in [1.54, 1.807) is 0 Å². The predicted octanol–water partition coefficient (Wildman–Crippen LogP) is 1.26. The molecule has 0 spiro atoms. The Morgan fingerprint density at radius 3 is 2.38 bits per heavy atom. The standard InChI is InChI=1S/C17H26N4O7S/c1-17(2,3)15(12-18-29(25,26)20-8-10-27-11-9-20)19-16(22)28-14-6-4-13(5-7-14)21(23)24/h4-7,15,18H,8-12H2,1-3H3,(H,19,22)/t15-/m0/s1. The van der Waals surface area contributed by atoms with Crippen LogP contribution < -0.4 is 14.8 Å². The van der Waals surface area contributed by atoms with Gasteiger partial charge >= 0.3 is 6.09 Å². The second-order valence-corrected chi connectivity index (χ2v) is 9.32. The van der Waals surface area contributed by atoms with Crippen molar-refractivity contribution in [2.24, 2.45) is 5.41 Å². The summed E-state index contributed by atoms with van der Waals surface area (Å²) in [6, 6.07) is 4.50. The van der Waals surface area contributed by atoms with E-state index in [0.29, 0.717) is 13.2 Å². The molecule has 0 aliphatic carbocycles. The first kappa shape index (κ1) is 23.0. The summed E-state index contributed by atoms with van der Waals surface area (Å²) in [6.07, 6.45) is -0.788. The molecule has 0 radical (unpaired) electrons. The Morgan fingerprint density at radius 1 is 1.28 bits per heavy atom. The van der Waals surface area contributed by atoms with Crippen LogP contribution in [0.4, 0.5) is 10.5 Å². The number of ether oxygens (including phenoxy) is 2. The first-order chi connectivity index (χ1) is 13.5. The number of hydrogen-bond donors (Lipinski definition) is 2. The number of nitrogens with one attached hydrogen (secondary N) is 2. The van der Waals surface area contributed by atoms with Gasteiger partial charge in [-0.2, -0.15) is 12.7 Å². The SMILES string of the molecule is CC(C)(C)[C@H](CNS(=O)(=O)N1CCOCC1)NC(=O)Oc1ccc([N+](=O)[O-])cc1. The minimum Gasteiger partial charge on any atom is -0.410 e. The number of morpholine rings is 1.